The van der Waals surface area contributed by atoms with E-state index in [4.69, 9.17) is 13.6 Å². The molecule has 0 saturated heterocycles. The lowest BCUT2D eigenvalue weighted by Gasteiger charge is -1.94. The normalized spacial score (nSPS) is 18.8. The Morgan fingerprint density at radius 2 is 2.11 bits per heavy atom. The number of rotatable bonds is 4. The van der Waals surface area contributed by atoms with Crippen LogP contribution in [0.4, 0.5) is 0 Å². The fraction of sp³-hybridized carbons (Fsp3) is 0.154. The molecule has 19 heavy (non-hydrogen) atoms. The first-order valence-electron chi connectivity index (χ1n) is 5.68. The summed E-state index contributed by atoms with van der Waals surface area (Å²) in [6.07, 6.45) is 4.51. The highest BCUT2D eigenvalue weighted by Crippen LogP contribution is 2.13. The van der Waals surface area contributed by atoms with Gasteiger partial charge in [0.05, 0.1) is 19.1 Å². The summed E-state index contributed by atoms with van der Waals surface area (Å²) in [5, 5.41) is 0. The van der Waals surface area contributed by atoms with Gasteiger partial charge < -0.3 is 13.6 Å². The Labute approximate surface area is 108 Å². The number of aliphatic imine (C=N–C) groups is 2. The van der Waals surface area contributed by atoms with Crippen LogP contribution in [-0.4, -0.2) is 24.1 Å². The number of ether oxygens (including phenoxy) is 1. The maximum atomic E-state index is 11.6. The van der Waals surface area contributed by atoms with Crippen molar-refractivity contribution in [3.63, 3.8) is 0 Å². The van der Waals surface area contributed by atoms with Gasteiger partial charge in [-0.1, -0.05) is 0 Å². The molecule has 1 atom stereocenters. The van der Waals surface area contributed by atoms with Gasteiger partial charge in [-0.15, -0.1) is 0 Å². The number of hydrogen-bond acceptors (Lipinski definition) is 6. The molecule has 3 heterocycles. The summed E-state index contributed by atoms with van der Waals surface area (Å²) in [6.45, 7) is 0.363. The van der Waals surface area contributed by atoms with Crippen LogP contribution in [0.1, 0.15) is 11.5 Å². The minimum Gasteiger partial charge on any atom is -0.467 e. The lowest BCUT2D eigenvalue weighted by molar-refractivity contribution is -0.133. The third-order valence-electron chi connectivity index (χ3n) is 2.50. The highest BCUT2D eigenvalue weighted by atomic mass is 16.6. The maximum Gasteiger partial charge on any atom is 0.343 e. The smallest absolute Gasteiger partial charge is 0.343 e. The van der Waals surface area contributed by atoms with Crippen LogP contribution in [0, 0.1) is 0 Å². The number of cyclic esters (lactones) is 1. The molecule has 6 heteroatoms. The van der Waals surface area contributed by atoms with Crippen molar-refractivity contribution in [1.82, 2.24) is 0 Å². The van der Waals surface area contributed by atoms with Gasteiger partial charge in [0.15, 0.2) is 11.8 Å². The van der Waals surface area contributed by atoms with Crippen LogP contribution in [0.3, 0.4) is 0 Å². The first-order chi connectivity index (χ1) is 9.33. The zero-order chi connectivity index (χ0) is 13.1. The second-order valence-electron chi connectivity index (χ2n) is 3.85. The van der Waals surface area contributed by atoms with E-state index in [0.29, 0.717) is 12.3 Å². The molecule has 0 N–H and O–H groups in total. The standard InChI is InChI=1S/C13H10N2O4/c16-13-10(8-14-7-9-3-1-5-17-9)15-12(19-13)11-4-2-6-18-11/h1-6,8,10H,7H2. The summed E-state index contributed by atoms with van der Waals surface area (Å²) in [7, 11) is 0. The van der Waals surface area contributed by atoms with Crippen LogP contribution in [0.2, 0.25) is 0 Å². The molecule has 6 nitrogen and oxygen atoms in total. The minimum atomic E-state index is -0.727. The molecule has 0 aromatic carbocycles. The lowest BCUT2D eigenvalue weighted by Crippen LogP contribution is -2.16. The van der Waals surface area contributed by atoms with Gasteiger partial charge in [0.2, 0.25) is 0 Å². The van der Waals surface area contributed by atoms with Crippen molar-refractivity contribution in [3.8, 4) is 0 Å². The largest absolute Gasteiger partial charge is 0.467 e. The summed E-state index contributed by atoms with van der Waals surface area (Å²) in [4.78, 5) is 19.8. The van der Waals surface area contributed by atoms with Gasteiger partial charge in [-0.2, -0.15) is 0 Å². The molecule has 0 amide bonds. The second kappa shape index (κ2) is 4.93. The first kappa shape index (κ1) is 11.5. The Balaban J connectivity index is 1.68. The Bertz CT molecular complexity index is 611. The van der Waals surface area contributed by atoms with Gasteiger partial charge in [0.1, 0.15) is 5.76 Å². The van der Waals surface area contributed by atoms with E-state index in [1.807, 2.05) is 6.07 Å². The van der Waals surface area contributed by atoms with Crippen LogP contribution in [0.25, 0.3) is 0 Å². The molecule has 0 spiro atoms. The van der Waals surface area contributed by atoms with Crippen LogP contribution >= 0.6 is 0 Å². The molecule has 0 radical (unpaired) electrons. The zero-order valence-electron chi connectivity index (χ0n) is 9.85. The Kier molecular flexibility index (Phi) is 2.97. The molecule has 3 rings (SSSR count). The van der Waals surface area contributed by atoms with Crippen molar-refractivity contribution < 1.29 is 18.4 Å². The van der Waals surface area contributed by atoms with Gasteiger partial charge in [-0.3, -0.25) is 4.99 Å². The SMILES string of the molecule is O=C1OC(c2ccco2)=NC1C=NCc1ccco1. The van der Waals surface area contributed by atoms with Crippen molar-refractivity contribution in [2.75, 3.05) is 0 Å². The van der Waals surface area contributed by atoms with E-state index >= 15 is 0 Å². The van der Waals surface area contributed by atoms with Crippen molar-refractivity contribution in [2.45, 2.75) is 12.6 Å². The average molecular weight is 258 g/mol. The Morgan fingerprint density at radius 1 is 1.26 bits per heavy atom. The van der Waals surface area contributed by atoms with Crippen molar-refractivity contribution >= 4 is 18.1 Å². The van der Waals surface area contributed by atoms with Crippen LogP contribution in [0.15, 0.2) is 55.6 Å². The zero-order valence-corrected chi connectivity index (χ0v) is 9.85. The van der Waals surface area contributed by atoms with Gasteiger partial charge in [-0.25, -0.2) is 9.79 Å². The Morgan fingerprint density at radius 3 is 2.84 bits per heavy atom. The topological polar surface area (TPSA) is 77.3 Å². The molecule has 96 valence electrons. The van der Waals surface area contributed by atoms with Gasteiger partial charge in [0, 0.05) is 6.21 Å². The highest BCUT2D eigenvalue weighted by molar-refractivity contribution is 6.10. The van der Waals surface area contributed by atoms with Crippen molar-refractivity contribution in [3.05, 3.63) is 48.3 Å². The van der Waals surface area contributed by atoms with Crippen molar-refractivity contribution in [1.29, 1.82) is 0 Å². The summed E-state index contributed by atoms with van der Waals surface area (Å²) in [5.74, 6) is 0.868. The predicted molar refractivity (Wildman–Crippen MR) is 66.0 cm³/mol. The van der Waals surface area contributed by atoms with E-state index in [2.05, 4.69) is 9.98 Å². The molecule has 0 saturated carbocycles. The molecule has 1 aliphatic rings. The average Bonchev–Trinajstić information content (AvgIpc) is 3.11. The van der Waals surface area contributed by atoms with Gasteiger partial charge >= 0.3 is 5.97 Å². The van der Waals surface area contributed by atoms with E-state index in [1.165, 1.54) is 12.5 Å². The second-order valence-corrected chi connectivity index (χ2v) is 3.85. The third-order valence-corrected chi connectivity index (χ3v) is 2.50. The first-order valence-corrected chi connectivity index (χ1v) is 5.68. The van der Waals surface area contributed by atoms with Gasteiger partial charge in [0.25, 0.3) is 5.90 Å². The Hall–Kier alpha value is -2.63. The summed E-state index contributed by atoms with van der Waals surface area (Å²) >= 11 is 0. The lowest BCUT2D eigenvalue weighted by atomic mass is 10.3. The van der Waals surface area contributed by atoms with Gasteiger partial charge in [-0.05, 0) is 24.3 Å². The molecule has 2 aromatic rings. The monoisotopic (exact) mass is 258 g/mol. The number of hydrogen-bond donors (Lipinski definition) is 0. The molecular weight excluding hydrogens is 248 g/mol. The fourth-order valence-corrected chi connectivity index (χ4v) is 1.61. The molecule has 0 fully saturated rings. The van der Waals surface area contributed by atoms with E-state index in [0.717, 1.165) is 5.76 Å². The van der Waals surface area contributed by atoms with Crippen LogP contribution in [0.5, 0.6) is 0 Å². The third kappa shape index (κ3) is 2.47. The molecule has 0 aliphatic carbocycles. The molecular formula is C13H10N2O4. The van der Waals surface area contributed by atoms with E-state index in [-0.39, 0.29) is 5.90 Å². The number of esters is 1. The van der Waals surface area contributed by atoms with E-state index in [9.17, 15) is 4.79 Å². The number of nitrogens with zero attached hydrogens (tertiary/aromatic N) is 2. The molecule has 0 bridgehead atoms. The fourth-order valence-electron chi connectivity index (χ4n) is 1.61. The maximum absolute atomic E-state index is 11.6. The molecule has 1 aliphatic heterocycles. The van der Waals surface area contributed by atoms with E-state index in [1.54, 1.807) is 24.5 Å². The highest BCUT2D eigenvalue weighted by Gasteiger charge is 2.29. The molecule has 2 aromatic heterocycles. The molecule has 1 unspecified atom stereocenters. The summed E-state index contributed by atoms with van der Waals surface area (Å²) < 4.78 is 15.2. The summed E-state index contributed by atoms with van der Waals surface area (Å²) in [5.41, 5.74) is 0. The van der Waals surface area contributed by atoms with Crippen LogP contribution in [-0.2, 0) is 16.1 Å². The predicted octanol–water partition coefficient (Wildman–Crippen LogP) is 1.82. The number of carbonyl (C=O) groups is 1. The minimum absolute atomic E-state index is 0.185. The number of furan rings is 2. The quantitative estimate of drug-likeness (QED) is 0.619. The van der Waals surface area contributed by atoms with Crippen LogP contribution < -0.4 is 0 Å². The van der Waals surface area contributed by atoms with Crippen molar-refractivity contribution in [2.24, 2.45) is 9.98 Å². The number of carbonyl (C=O) groups excluding carboxylic acids is 1. The van der Waals surface area contributed by atoms with E-state index < -0.39 is 12.0 Å². The summed E-state index contributed by atoms with van der Waals surface area (Å²) in [6, 6.07) is 6.23.